The molecule has 0 fully saturated rings. The zero-order valence-electron chi connectivity index (χ0n) is 11.6. The van der Waals surface area contributed by atoms with Crippen LogP contribution in [0, 0.1) is 5.82 Å². The Hall–Kier alpha value is -1.46. The lowest BCUT2D eigenvalue weighted by molar-refractivity contribution is 0.252. The van der Waals surface area contributed by atoms with Crippen molar-refractivity contribution in [2.24, 2.45) is 0 Å². The molecule has 0 spiro atoms. The summed E-state index contributed by atoms with van der Waals surface area (Å²) < 4.78 is 38.6. The average Bonchev–Trinajstić information content (AvgIpc) is 2.46. The molecule has 0 bridgehead atoms. The summed E-state index contributed by atoms with van der Waals surface area (Å²) in [4.78, 5) is 0.470. The summed E-state index contributed by atoms with van der Waals surface area (Å²) in [5, 5.41) is 3.14. The van der Waals surface area contributed by atoms with Gasteiger partial charge in [-0.2, -0.15) is 8.78 Å². The van der Waals surface area contributed by atoms with Crippen molar-refractivity contribution in [2.45, 2.75) is 24.1 Å². The van der Waals surface area contributed by atoms with Gasteiger partial charge >= 0.3 is 0 Å². The number of alkyl halides is 2. The molecule has 0 radical (unpaired) electrons. The molecule has 0 aliphatic rings. The van der Waals surface area contributed by atoms with Crippen molar-refractivity contribution >= 4 is 11.8 Å². The highest BCUT2D eigenvalue weighted by molar-refractivity contribution is 7.99. The van der Waals surface area contributed by atoms with E-state index < -0.39 is 5.76 Å². The predicted octanol–water partition coefficient (Wildman–Crippen LogP) is 4.92. The number of thioether (sulfide) groups is 1. The van der Waals surface area contributed by atoms with Crippen LogP contribution in [-0.2, 0) is 6.54 Å². The molecule has 2 rings (SSSR count). The summed E-state index contributed by atoms with van der Waals surface area (Å²) in [6.07, 6.45) is 0. The number of halogens is 3. The lowest BCUT2D eigenvalue weighted by Crippen LogP contribution is -2.11. The molecule has 5 heteroatoms. The first-order valence-electron chi connectivity index (χ1n) is 6.64. The van der Waals surface area contributed by atoms with Crippen molar-refractivity contribution in [2.75, 3.05) is 6.54 Å². The smallest absolute Gasteiger partial charge is 0.288 e. The van der Waals surface area contributed by atoms with E-state index in [0.717, 1.165) is 12.1 Å². The van der Waals surface area contributed by atoms with Crippen LogP contribution in [0.15, 0.2) is 47.4 Å². The van der Waals surface area contributed by atoms with Crippen LogP contribution in [0.1, 0.15) is 12.5 Å². The molecule has 0 saturated heterocycles. The van der Waals surface area contributed by atoms with Crippen molar-refractivity contribution in [3.05, 3.63) is 53.8 Å². The molecule has 2 aromatic rings. The summed E-state index contributed by atoms with van der Waals surface area (Å²) in [5.41, 5.74) is 2.04. The summed E-state index contributed by atoms with van der Waals surface area (Å²) >= 11 is 0.483. The molecular weight excluding hydrogens is 295 g/mol. The molecule has 0 saturated carbocycles. The van der Waals surface area contributed by atoms with Crippen LogP contribution in [0.2, 0.25) is 0 Å². The van der Waals surface area contributed by atoms with Gasteiger partial charge in [-0.25, -0.2) is 4.39 Å². The Labute approximate surface area is 126 Å². The van der Waals surface area contributed by atoms with Crippen LogP contribution < -0.4 is 5.32 Å². The average molecular weight is 311 g/mol. The normalized spacial score (nSPS) is 11.1. The minimum Gasteiger partial charge on any atom is -0.313 e. The van der Waals surface area contributed by atoms with Gasteiger partial charge in [0.15, 0.2) is 0 Å². The van der Waals surface area contributed by atoms with E-state index in [1.807, 2.05) is 13.0 Å². The monoisotopic (exact) mass is 311 g/mol. The predicted molar refractivity (Wildman–Crippen MR) is 81.1 cm³/mol. The topological polar surface area (TPSA) is 12.0 Å². The zero-order chi connectivity index (χ0) is 15.2. The fourth-order valence-corrected chi connectivity index (χ4v) is 2.49. The fourth-order valence-electron chi connectivity index (χ4n) is 1.99. The second kappa shape index (κ2) is 7.52. The minimum absolute atomic E-state index is 0.306. The van der Waals surface area contributed by atoms with Gasteiger partial charge in [0.25, 0.3) is 5.76 Å². The van der Waals surface area contributed by atoms with E-state index in [4.69, 9.17) is 0 Å². The first kappa shape index (κ1) is 15.9. The molecule has 0 aromatic heterocycles. The highest BCUT2D eigenvalue weighted by Crippen LogP contribution is 2.29. The van der Waals surface area contributed by atoms with Crippen LogP contribution in [0.25, 0.3) is 11.1 Å². The van der Waals surface area contributed by atoms with Gasteiger partial charge < -0.3 is 5.32 Å². The van der Waals surface area contributed by atoms with Crippen LogP contribution in [0.4, 0.5) is 13.2 Å². The molecular formula is C16H16F3NS. The first-order valence-corrected chi connectivity index (χ1v) is 7.52. The lowest BCUT2D eigenvalue weighted by Gasteiger charge is -2.08. The summed E-state index contributed by atoms with van der Waals surface area (Å²) in [6, 6.07) is 11.6. The number of nitrogens with one attached hydrogen (secondary N) is 1. The Bertz CT molecular complexity index is 585. The molecule has 0 heterocycles. The fraction of sp³-hybridized carbons (Fsp3) is 0.250. The quantitative estimate of drug-likeness (QED) is 0.760. The third-order valence-electron chi connectivity index (χ3n) is 3.00. The molecule has 112 valence electrons. The largest absolute Gasteiger partial charge is 0.313 e. The Kier molecular flexibility index (Phi) is 5.70. The maximum absolute atomic E-state index is 14.1. The van der Waals surface area contributed by atoms with Gasteiger partial charge in [-0.05, 0) is 35.9 Å². The van der Waals surface area contributed by atoms with E-state index in [9.17, 15) is 13.2 Å². The molecule has 1 nitrogen and oxygen atoms in total. The van der Waals surface area contributed by atoms with Crippen LogP contribution in [0.5, 0.6) is 0 Å². The van der Waals surface area contributed by atoms with Crippen molar-refractivity contribution in [3.8, 4) is 11.1 Å². The molecule has 2 aromatic carbocycles. The summed E-state index contributed by atoms with van der Waals surface area (Å²) in [6.45, 7) is 3.44. The van der Waals surface area contributed by atoms with Crippen LogP contribution in [0.3, 0.4) is 0 Å². The Morgan fingerprint density at radius 1 is 1.10 bits per heavy atom. The number of benzene rings is 2. The van der Waals surface area contributed by atoms with Gasteiger partial charge in [0.1, 0.15) is 5.82 Å². The van der Waals surface area contributed by atoms with Gasteiger partial charge in [-0.1, -0.05) is 43.0 Å². The minimum atomic E-state index is -2.45. The van der Waals surface area contributed by atoms with E-state index in [1.54, 1.807) is 30.3 Å². The first-order chi connectivity index (χ1) is 10.1. The number of hydrogen-bond acceptors (Lipinski definition) is 2. The second-order valence-electron chi connectivity index (χ2n) is 4.50. The van der Waals surface area contributed by atoms with Crippen molar-refractivity contribution in [1.29, 1.82) is 0 Å². The number of rotatable bonds is 6. The Morgan fingerprint density at radius 2 is 1.81 bits per heavy atom. The van der Waals surface area contributed by atoms with Crippen molar-refractivity contribution in [3.63, 3.8) is 0 Å². The van der Waals surface area contributed by atoms with E-state index >= 15 is 0 Å². The maximum atomic E-state index is 14.1. The molecule has 1 N–H and O–H groups in total. The standard InChI is InChI=1S/C16H16F3NS/c1-2-20-10-11-3-8-14(15(17)9-11)12-4-6-13(7-5-12)21-16(18)19/h3-9,16,20H,2,10H2,1H3. The third kappa shape index (κ3) is 4.51. The Morgan fingerprint density at radius 3 is 2.38 bits per heavy atom. The summed E-state index contributed by atoms with van der Waals surface area (Å²) in [5.74, 6) is -2.75. The van der Waals surface area contributed by atoms with E-state index in [2.05, 4.69) is 5.32 Å². The molecule has 0 aliphatic carbocycles. The highest BCUT2D eigenvalue weighted by Gasteiger charge is 2.08. The maximum Gasteiger partial charge on any atom is 0.288 e. The molecule has 0 unspecified atom stereocenters. The molecule has 0 aliphatic heterocycles. The summed E-state index contributed by atoms with van der Waals surface area (Å²) in [7, 11) is 0. The van der Waals surface area contributed by atoms with Crippen LogP contribution >= 0.6 is 11.8 Å². The van der Waals surface area contributed by atoms with Gasteiger partial charge in [0.05, 0.1) is 0 Å². The Balaban J connectivity index is 2.17. The van der Waals surface area contributed by atoms with E-state index in [0.29, 0.717) is 34.3 Å². The van der Waals surface area contributed by atoms with Gasteiger partial charge in [0.2, 0.25) is 0 Å². The lowest BCUT2D eigenvalue weighted by atomic mass is 10.0. The molecule has 21 heavy (non-hydrogen) atoms. The second-order valence-corrected chi connectivity index (χ2v) is 5.56. The third-order valence-corrected chi connectivity index (χ3v) is 3.73. The molecule has 0 amide bonds. The van der Waals surface area contributed by atoms with Crippen LogP contribution in [-0.4, -0.2) is 12.3 Å². The van der Waals surface area contributed by atoms with Gasteiger partial charge in [0, 0.05) is 17.0 Å². The van der Waals surface area contributed by atoms with Crippen molar-refractivity contribution < 1.29 is 13.2 Å². The molecule has 0 atom stereocenters. The zero-order valence-corrected chi connectivity index (χ0v) is 12.4. The van der Waals surface area contributed by atoms with E-state index in [-0.39, 0.29) is 5.82 Å². The highest BCUT2D eigenvalue weighted by atomic mass is 32.2. The van der Waals surface area contributed by atoms with Crippen molar-refractivity contribution in [1.82, 2.24) is 5.32 Å². The van der Waals surface area contributed by atoms with Gasteiger partial charge in [-0.3, -0.25) is 0 Å². The SMILES string of the molecule is CCNCc1ccc(-c2ccc(SC(F)F)cc2)c(F)c1. The van der Waals surface area contributed by atoms with E-state index in [1.165, 1.54) is 6.07 Å². The number of hydrogen-bond donors (Lipinski definition) is 1. The van der Waals surface area contributed by atoms with Gasteiger partial charge in [-0.15, -0.1) is 0 Å².